The van der Waals surface area contributed by atoms with Crippen LogP contribution in [0.1, 0.15) is 40.2 Å². The predicted molar refractivity (Wildman–Crippen MR) is 91.8 cm³/mol. The summed E-state index contributed by atoms with van der Waals surface area (Å²) in [5.74, 6) is -2.69. The van der Waals surface area contributed by atoms with Gasteiger partial charge in [0.2, 0.25) is 5.91 Å². The van der Waals surface area contributed by atoms with Crippen LogP contribution >= 0.6 is 11.3 Å². The third kappa shape index (κ3) is 4.40. The smallest absolute Gasteiger partial charge is 0.345 e. The van der Waals surface area contributed by atoms with Crippen LogP contribution in [0.15, 0.2) is 12.1 Å². The quantitative estimate of drug-likeness (QED) is 0.651. The topological polar surface area (TPSA) is 119 Å². The van der Waals surface area contributed by atoms with Crippen molar-refractivity contribution in [1.82, 2.24) is 5.32 Å². The van der Waals surface area contributed by atoms with Crippen molar-refractivity contribution < 1.29 is 33.8 Å². The molecule has 1 aliphatic rings. The standard InChI is InChI=1S/C17H21NO7S/c1-24-13(19)8-11(15(22)25-2)18-16(23)17(6-3-7-17)9-10-4-5-12(26-10)14(20)21/h4-5,11H,3,6-9H2,1-2H3,(H,18,23)(H,20,21)/t11-/m0/s1. The largest absolute Gasteiger partial charge is 0.477 e. The van der Waals surface area contributed by atoms with Crippen LogP contribution in [0.4, 0.5) is 0 Å². The Morgan fingerprint density at radius 2 is 1.92 bits per heavy atom. The molecule has 1 aromatic heterocycles. The number of carbonyl (C=O) groups is 4. The fraction of sp³-hybridized carbons (Fsp3) is 0.529. The van der Waals surface area contributed by atoms with Crippen molar-refractivity contribution in [2.75, 3.05) is 14.2 Å². The fourth-order valence-electron chi connectivity index (χ4n) is 2.91. The molecular weight excluding hydrogens is 362 g/mol. The zero-order valence-electron chi connectivity index (χ0n) is 14.6. The molecule has 1 amide bonds. The predicted octanol–water partition coefficient (Wildman–Crippen LogP) is 1.38. The molecule has 1 saturated carbocycles. The number of methoxy groups -OCH3 is 2. The maximum absolute atomic E-state index is 12.8. The summed E-state index contributed by atoms with van der Waals surface area (Å²) < 4.78 is 9.20. The molecule has 8 nitrogen and oxygen atoms in total. The number of aromatic carboxylic acids is 1. The molecule has 1 atom stereocenters. The number of rotatable bonds is 8. The first kappa shape index (κ1) is 19.9. The molecule has 0 radical (unpaired) electrons. The number of amides is 1. The summed E-state index contributed by atoms with van der Waals surface area (Å²) in [5, 5.41) is 11.6. The van der Waals surface area contributed by atoms with Crippen molar-refractivity contribution in [1.29, 1.82) is 0 Å². The molecule has 0 spiro atoms. The van der Waals surface area contributed by atoms with E-state index in [2.05, 4.69) is 14.8 Å². The van der Waals surface area contributed by atoms with Crippen LogP contribution in [0.3, 0.4) is 0 Å². The molecule has 2 rings (SSSR count). The van der Waals surface area contributed by atoms with E-state index in [-0.39, 0.29) is 17.2 Å². The second-order valence-electron chi connectivity index (χ2n) is 6.21. The Balaban J connectivity index is 2.11. The molecule has 142 valence electrons. The molecule has 0 unspecified atom stereocenters. The van der Waals surface area contributed by atoms with Gasteiger partial charge >= 0.3 is 17.9 Å². The summed E-state index contributed by atoms with van der Waals surface area (Å²) in [4.78, 5) is 48.2. The van der Waals surface area contributed by atoms with E-state index in [0.29, 0.717) is 19.3 Å². The molecule has 9 heteroatoms. The second kappa shape index (κ2) is 8.31. The van der Waals surface area contributed by atoms with Crippen LogP contribution in [0.5, 0.6) is 0 Å². The zero-order valence-corrected chi connectivity index (χ0v) is 15.4. The van der Waals surface area contributed by atoms with Gasteiger partial charge in [0.15, 0.2) is 0 Å². The van der Waals surface area contributed by atoms with E-state index in [0.717, 1.165) is 22.6 Å². The molecule has 0 bridgehead atoms. The Morgan fingerprint density at radius 3 is 2.38 bits per heavy atom. The van der Waals surface area contributed by atoms with E-state index in [9.17, 15) is 19.2 Å². The Hall–Kier alpha value is -2.42. The number of carboxylic acids is 1. The van der Waals surface area contributed by atoms with Crippen LogP contribution in [0, 0.1) is 5.41 Å². The molecule has 0 aromatic carbocycles. The van der Waals surface area contributed by atoms with Crippen LogP contribution < -0.4 is 5.32 Å². The Labute approximate surface area is 154 Å². The Morgan fingerprint density at radius 1 is 1.23 bits per heavy atom. The third-order valence-corrected chi connectivity index (χ3v) is 5.64. The lowest BCUT2D eigenvalue weighted by Gasteiger charge is -2.40. The second-order valence-corrected chi connectivity index (χ2v) is 7.38. The highest BCUT2D eigenvalue weighted by atomic mass is 32.1. The number of thiophene rings is 1. The van der Waals surface area contributed by atoms with Gasteiger partial charge in [-0.2, -0.15) is 0 Å². The fourth-order valence-corrected chi connectivity index (χ4v) is 3.90. The summed E-state index contributed by atoms with van der Waals surface area (Å²) in [5.41, 5.74) is -0.705. The van der Waals surface area contributed by atoms with Gasteiger partial charge in [0.25, 0.3) is 0 Å². The van der Waals surface area contributed by atoms with Gasteiger partial charge in [0, 0.05) is 4.88 Å². The Bertz CT molecular complexity index is 708. The van der Waals surface area contributed by atoms with Crippen LogP contribution in [-0.4, -0.2) is 49.2 Å². The molecule has 1 fully saturated rings. The number of esters is 2. The van der Waals surface area contributed by atoms with Crippen molar-refractivity contribution in [3.63, 3.8) is 0 Å². The van der Waals surface area contributed by atoms with Crippen molar-refractivity contribution in [3.05, 3.63) is 21.9 Å². The average Bonchev–Trinajstić information content (AvgIpc) is 3.05. The number of hydrogen-bond acceptors (Lipinski definition) is 7. The van der Waals surface area contributed by atoms with E-state index in [1.807, 2.05) is 0 Å². The maximum atomic E-state index is 12.8. The van der Waals surface area contributed by atoms with Gasteiger partial charge in [-0.1, -0.05) is 6.42 Å². The maximum Gasteiger partial charge on any atom is 0.345 e. The zero-order chi connectivity index (χ0) is 19.3. The number of nitrogens with one attached hydrogen (secondary N) is 1. The molecule has 1 heterocycles. The summed E-state index contributed by atoms with van der Waals surface area (Å²) in [6, 6.07) is 2.10. The lowest BCUT2D eigenvalue weighted by Crippen LogP contribution is -2.53. The van der Waals surface area contributed by atoms with Gasteiger partial charge < -0.3 is 19.9 Å². The van der Waals surface area contributed by atoms with Gasteiger partial charge in [-0.3, -0.25) is 9.59 Å². The van der Waals surface area contributed by atoms with E-state index < -0.39 is 29.4 Å². The third-order valence-electron chi connectivity index (χ3n) is 4.57. The normalized spacial score (nSPS) is 16.1. The summed E-state index contributed by atoms with van der Waals surface area (Å²) >= 11 is 1.13. The number of ether oxygens (including phenoxy) is 2. The highest BCUT2D eigenvalue weighted by Crippen LogP contribution is 2.45. The lowest BCUT2D eigenvalue weighted by atomic mass is 9.65. The summed E-state index contributed by atoms with van der Waals surface area (Å²) in [6.07, 6.45) is 2.21. The van der Waals surface area contributed by atoms with E-state index in [1.54, 1.807) is 6.07 Å². The molecule has 1 aromatic rings. The van der Waals surface area contributed by atoms with Gasteiger partial charge in [0.1, 0.15) is 10.9 Å². The molecule has 2 N–H and O–H groups in total. The molecule has 26 heavy (non-hydrogen) atoms. The van der Waals surface area contributed by atoms with Crippen molar-refractivity contribution >= 4 is 35.2 Å². The van der Waals surface area contributed by atoms with Gasteiger partial charge in [-0.25, -0.2) is 9.59 Å². The van der Waals surface area contributed by atoms with E-state index in [4.69, 9.17) is 5.11 Å². The van der Waals surface area contributed by atoms with E-state index >= 15 is 0 Å². The summed E-state index contributed by atoms with van der Waals surface area (Å²) in [7, 11) is 2.37. The first-order valence-electron chi connectivity index (χ1n) is 8.09. The first-order valence-corrected chi connectivity index (χ1v) is 8.90. The number of carboxylic acid groups (broad SMARTS) is 1. The number of hydrogen-bond donors (Lipinski definition) is 2. The first-order chi connectivity index (χ1) is 12.3. The minimum Gasteiger partial charge on any atom is -0.477 e. The average molecular weight is 383 g/mol. The number of carbonyl (C=O) groups excluding carboxylic acids is 3. The summed E-state index contributed by atoms with van der Waals surface area (Å²) in [6.45, 7) is 0. The monoisotopic (exact) mass is 383 g/mol. The highest BCUT2D eigenvalue weighted by Gasteiger charge is 2.45. The van der Waals surface area contributed by atoms with Gasteiger partial charge in [-0.05, 0) is 31.4 Å². The van der Waals surface area contributed by atoms with Gasteiger partial charge in [-0.15, -0.1) is 11.3 Å². The minimum absolute atomic E-state index is 0.216. The molecule has 0 saturated heterocycles. The molecular formula is C17H21NO7S. The van der Waals surface area contributed by atoms with Crippen molar-refractivity contribution in [2.24, 2.45) is 5.41 Å². The molecule has 0 aliphatic heterocycles. The SMILES string of the molecule is COC(=O)C[C@H](NC(=O)C1(Cc2ccc(C(=O)O)s2)CCC1)C(=O)OC. The van der Waals surface area contributed by atoms with Crippen molar-refractivity contribution in [3.8, 4) is 0 Å². The highest BCUT2D eigenvalue weighted by molar-refractivity contribution is 7.13. The van der Waals surface area contributed by atoms with Gasteiger partial charge in [0.05, 0.1) is 26.1 Å². The van der Waals surface area contributed by atoms with Crippen LogP contribution in [0.2, 0.25) is 0 Å². The minimum atomic E-state index is -1.12. The van der Waals surface area contributed by atoms with E-state index in [1.165, 1.54) is 20.3 Å². The van der Waals surface area contributed by atoms with Crippen molar-refractivity contribution in [2.45, 2.75) is 38.1 Å². The lowest BCUT2D eigenvalue weighted by molar-refractivity contribution is -0.152. The van der Waals surface area contributed by atoms with Crippen LogP contribution in [-0.2, 0) is 30.3 Å². The van der Waals surface area contributed by atoms with Crippen LogP contribution in [0.25, 0.3) is 0 Å². The molecule has 1 aliphatic carbocycles. The Kier molecular flexibility index (Phi) is 6.36.